The molecule has 1 saturated heterocycles. The molecule has 2 heterocycles. The molecule has 0 bridgehead atoms. The van der Waals surface area contributed by atoms with Gasteiger partial charge in [-0.25, -0.2) is 0 Å². The van der Waals surface area contributed by atoms with Crippen LogP contribution in [0.3, 0.4) is 0 Å². The van der Waals surface area contributed by atoms with Crippen molar-refractivity contribution in [1.29, 1.82) is 0 Å². The Labute approximate surface area is 182 Å². The van der Waals surface area contributed by atoms with Gasteiger partial charge in [0, 0.05) is 44.1 Å². The van der Waals surface area contributed by atoms with Crippen molar-refractivity contribution in [3.63, 3.8) is 0 Å². The summed E-state index contributed by atoms with van der Waals surface area (Å²) >= 11 is 0. The zero-order valence-electron chi connectivity index (χ0n) is 17.5. The van der Waals surface area contributed by atoms with Gasteiger partial charge in [-0.3, -0.25) is 9.79 Å². The van der Waals surface area contributed by atoms with E-state index in [0.717, 1.165) is 36.7 Å². The molecule has 1 aliphatic heterocycles. The van der Waals surface area contributed by atoms with Crippen LogP contribution in [0.5, 0.6) is 0 Å². The molecule has 0 radical (unpaired) electrons. The Kier molecular flexibility index (Phi) is 6.52. The van der Waals surface area contributed by atoms with E-state index in [1.807, 2.05) is 30.3 Å². The van der Waals surface area contributed by atoms with Crippen LogP contribution in [0.4, 0.5) is 11.4 Å². The number of nitrogens with one attached hydrogen (secondary N) is 3. The number of benzene rings is 2. The van der Waals surface area contributed by atoms with Crippen LogP contribution in [0.25, 0.3) is 0 Å². The predicted molar refractivity (Wildman–Crippen MR) is 123 cm³/mol. The lowest BCUT2D eigenvalue weighted by molar-refractivity contribution is 0.0996. The van der Waals surface area contributed by atoms with E-state index >= 15 is 0 Å². The van der Waals surface area contributed by atoms with Gasteiger partial charge in [-0.05, 0) is 48.4 Å². The summed E-state index contributed by atoms with van der Waals surface area (Å²) in [7, 11) is 1.78. The molecule has 7 heteroatoms. The van der Waals surface area contributed by atoms with Crippen LogP contribution in [0.15, 0.2) is 82.4 Å². The zero-order chi connectivity index (χ0) is 21.5. The number of hydrogen-bond acceptors (Lipinski definition) is 4. The Morgan fingerprint density at radius 2 is 2.00 bits per heavy atom. The lowest BCUT2D eigenvalue weighted by Crippen LogP contribution is -2.44. The van der Waals surface area contributed by atoms with Crippen LogP contribution in [-0.2, 0) is 6.54 Å². The minimum Gasteiger partial charge on any atom is -0.459 e. The fourth-order valence-electron chi connectivity index (χ4n) is 3.68. The van der Waals surface area contributed by atoms with Gasteiger partial charge in [-0.1, -0.05) is 30.3 Å². The maximum Gasteiger partial charge on any atom is 0.291 e. The number of hydrogen-bond donors (Lipinski definition) is 3. The van der Waals surface area contributed by atoms with Crippen molar-refractivity contribution in [2.24, 2.45) is 4.99 Å². The molecule has 31 heavy (non-hydrogen) atoms. The summed E-state index contributed by atoms with van der Waals surface area (Å²) in [6, 6.07) is 21.9. The average Bonchev–Trinajstić information content (AvgIpc) is 3.50. The van der Waals surface area contributed by atoms with Crippen molar-refractivity contribution in [2.75, 3.05) is 30.4 Å². The summed E-state index contributed by atoms with van der Waals surface area (Å²) in [6.45, 7) is 2.56. The van der Waals surface area contributed by atoms with Crippen LogP contribution in [-0.4, -0.2) is 38.0 Å². The number of guanidine groups is 1. The first-order chi connectivity index (χ1) is 15.2. The first kappa shape index (κ1) is 20.5. The second kappa shape index (κ2) is 9.84. The minimum atomic E-state index is -0.267. The van der Waals surface area contributed by atoms with Gasteiger partial charge in [0.2, 0.25) is 0 Å². The van der Waals surface area contributed by atoms with Gasteiger partial charge in [0.1, 0.15) is 0 Å². The Hall–Kier alpha value is -3.74. The molecule has 2 aromatic carbocycles. The molecule has 160 valence electrons. The van der Waals surface area contributed by atoms with E-state index in [1.165, 1.54) is 12.0 Å². The van der Waals surface area contributed by atoms with Crippen LogP contribution < -0.4 is 20.9 Å². The SMILES string of the molecule is CN=C(NCc1cccc(NC(=O)c2ccco2)c1)NC1CCN(c2ccccc2)C1. The highest BCUT2D eigenvalue weighted by Gasteiger charge is 2.23. The standard InChI is InChI=1S/C24H27N5O2/c1-25-24(28-20-12-13-29(17-20)21-9-3-2-4-10-21)26-16-18-7-5-8-19(15-18)27-23(30)22-11-6-14-31-22/h2-11,14-15,20H,12-13,16-17H2,1H3,(H,27,30)(H2,25,26,28). The van der Waals surface area contributed by atoms with Gasteiger partial charge in [0.05, 0.1) is 6.26 Å². The van der Waals surface area contributed by atoms with Crippen LogP contribution in [0, 0.1) is 0 Å². The van der Waals surface area contributed by atoms with Crippen molar-refractivity contribution < 1.29 is 9.21 Å². The Balaban J connectivity index is 1.28. The lowest BCUT2D eigenvalue weighted by Gasteiger charge is -2.20. The molecule has 1 unspecified atom stereocenters. The van der Waals surface area contributed by atoms with Gasteiger partial charge in [0.15, 0.2) is 11.7 Å². The number of nitrogens with zero attached hydrogens (tertiary/aromatic N) is 2. The van der Waals surface area contributed by atoms with E-state index in [-0.39, 0.29) is 11.7 Å². The van der Waals surface area contributed by atoms with Gasteiger partial charge in [-0.2, -0.15) is 0 Å². The number of anilines is 2. The maximum atomic E-state index is 12.2. The Morgan fingerprint density at radius 1 is 1.13 bits per heavy atom. The molecule has 3 aromatic rings. The molecule has 1 amide bonds. The predicted octanol–water partition coefficient (Wildman–Crippen LogP) is 3.48. The third-order valence-corrected chi connectivity index (χ3v) is 5.26. The zero-order valence-corrected chi connectivity index (χ0v) is 17.5. The molecule has 1 atom stereocenters. The van der Waals surface area contributed by atoms with Crippen molar-refractivity contribution in [3.05, 3.63) is 84.3 Å². The van der Waals surface area contributed by atoms with Gasteiger partial charge in [-0.15, -0.1) is 0 Å². The normalized spacial score (nSPS) is 16.2. The Morgan fingerprint density at radius 3 is 2.77 bits per heavy atom. The lowest BCUT2D eigenvalue weighted by atomic mass is 10.2. The summed E-state index contributed by atoms with van der Waals surface area (Å²) in [5.74, 6) is 0.788. The maximum absolute atomic E-state index is 12.2. The van der Waals surface area contributed by atoms with Gasteiger partial charge in [0.25, 0.3) is 5.91 Å². The first-order valence-corrected chi connectivity index (χ1v) is 10.4. The fourth-order valence-corrected chi connectivity index (χ4v) is 3.68. The largest absolute Gasteiger partial charge is 0.459 e. The quantitative estimate of drug-likeness (QED) is 0.423. The van der Waals surface area contributed by atoms with Crippen LogP contribution in [0.1, 0.15) is 22.5 Å². The molecule has 1 fully saturated rings. The highest BCUT2D eigenvalue weighted by Crippen LogP contribution is 2.19. The number of carbonyl (C=O) groups excluding carboxylic acids is 1. The number of amides is 1. The van der Waals surface area contributed by atoms with Crippen molar-refractivity contribution in [2.45, 2.75) is 19.0 Å². The van der Waals surface area contributed by atoms with E-state index in [9.17, 15) is 4.79 Å². The molecule has 3 N–H and O–H groups in total. The second-order valence-electron chi connectivity index (χ2n) is 7.47. The van der Waals surface area contributed by atoms with Crippen molar-refractivity contribution in [1.82, 2.24) is 10.6 Å². The smallest absolute Gasteiger partial charge is 0.291 e. The van der Waals surface area contributed by atoms with Crippen molar-refractivity contribution >= 4 is 23.2 Å². The summed E-state index contributed by atoms with van der Waals surface area (Å²) in [5.41, 5.74) is 3.01. The monoisotopic (exact) mass is 417 g/mol. The van der Waals surface area contributed by atoms with E-state index in [0.29, 0.717) is 12.6 Å². The topological polar surface area (TPSA) is 81.9 Å². The number of aliphatic imine (C=N–C) groups is 1. The number of carbonyl (C=O) groups is 1. The average molecular weight is 418 g/mol. The molecule has 1 aliphatic rings. The molecule has 4 rings (SSSR count). The van der Waals surface area contributed by atoms with Crippen LogP contribution >= 0.6 is 0 Å². The third kappa shape index (κ3) is 5.45. The number of para-hydroxylation sites is 1. The molecule has 7 nitrogen and oxygen atoms in total. The number of furan rings is 1. The summed E-state index contributed by atoms with van der Waals surface area (Å²) in [5, 5.41) is 9.73. The first-order valence-electron chi connectivity index (χ1n) is 10.4. The summed E-state index contributed by atoms with van der Waals surface area (Å²) in [4.78, 5) is 18.9. The molecular formula is C24H27N5O2. The van der Waals surface area contributed by atoms with E-state index in [2.05, 4.69) is 50.1 Å². The summed E-state index contributed by atoms with van der Waals surface area (Å²) in [6.07, 6.45) is 2.54. The van der Waals surface area contributed by atoms with Crippen LogP contribution in [0.2, 0.25) is 0 Å². The molecule has 1 aromatic heterocycles. The second-order valence-corrected chi connectivity index (χ2v) is 7.47. The minimum absolute atomic E-state index is 0.267. The fraction of sp³-hybridized carbons (Fsp3) is 0.250. The highest BCUT2D eigenvalue weighted by molar-refractivity contribution is 6.02. The van der Waals surface area contributed by atoms with E-state index in [1.54, 1.807) is 19.2 Å². The van der Waals surface area contributed by atoms with E-state index < -0.39 is 0 Å². The Bertz CT molecular complexity index is 1020. The number of rotatable bonds is 6. The molecule has 0 aliphatic carbocycles. The summed E-state index contributed by atoms with van der Waals surface area (Å²) < 4.78 is 5.14. The molecule has 0 saturated carbocycles. The van der Waals surface area contributed by atoms with Gasteiger partial charge < -0.3 is 25.3 Å². The van der Waals surface area contributed by atoms with Crippen molar-refractivity contribution in [3.8, 4) is 0 Å². The van der Waals surface area contributed by atoms with E-state index in [4.69, 9.17) is 4.42 Å². The highest BCUT2D eigenvalue weighted by atomic mass is 16.3. The van der Waals surface area contributed by atoms with Gasteiger partial charge >= 0.3 is 0 Å². The molecular weight excluding hydrogens is 390 g/mol. The molecule has 0 spiro atoms. The third-order valence-electron chi connectivity index (χ3n) is 5.26.